The van der Waals surface area contributed by atoms with Crippen molar-refractivity contribution in [2.75, 3.05) is 6.54 Å². The van der Waals surface area contributed by atoms with Crippen LogP contribution in [0, 0.1) is 0 Å². The van der Waals surface area contributed by atoms with Crippen LogP contribution < -0.4 is 0 Å². The molecule has 0 aromatic rings. The number of carbonyl (C=O) groups excluding carboxylic acids is 1. The molecule has 0 aliphatic rings. The normalized spacial score (nSPS) is 12.2. The molecule has 0 aromatic carbocycles. The number of nitrogens with zero attached hydrogens (tertiary/aromatic N) is 1. The Hall–Kier alpha value is -1.06. The molecule has 0 fully saturated rings. The maximum Gasteiger partial charge on any atom is 0.303 e. The van der Waals surface area contributed by atoms with Crippen molar-refractivity contribution in [3.63, 3.8) is 0 Å². The van der Waals surface area contributed by atoms with Crippen LogP contribution in [0.5, 0.6) is 0 Å². The summed E-state index contributed by atoms with van der Waals surface area (Å²) < 4.78 is 0. The van der Waals surface area contributed by atoms with Gasteiger partial charge in [-0.3, -0.25) is 9.59 Å². The molecular formula is C11H21NO3. The van der Waals surface area contributed by atoms with Gasteiger partial charge in [-0.25, -0.2) is 0 Å². The van der Waals surface area contributed by atoms with E-state index in [0.717, 1.165) is 19.4 Å². The van der Waals surface area contributed by atoms with Crippen LogP contribution in [-0.2, 0) is 9.59 Å². The SMILES string of the molecule is CCCCN(C(C)=O)C(C)CCC(=O)O. The lowest BCUT2D eigenvalue weighted by molar-refractivity contribution is -0.138. The summed E-state index contributed by atoms with van der Waals surface area (Å²) in [5, 5.41) is 8.56. The predicted octanol–water partition coefficient (Wildman–Crippen LogP) is 1.89. The van der Waals surface area contributed by atoms with Gasteiger partial charge in [0.15, 0.2) is 0 Å². The van der Waals surface area contributed by atoms with Gasteiger partial charge in [-0.1, -0.05) is 13.3 Å². The molecule has 1 amide bonds. The van der Waals surface area contributed by atoms with Gasteiger partial charge in [0, 0.05) is 25.9 Å². The van der Waals surface area contributed by atoms with Gasteiger partial charge in [0.25, 0.3) is 0 Å². The fourth-order valence-corrected chi connectivity index (χ4v) is 1.50. The minimum Gasteiger partial charge on any atom is -0.481 e. The highest BCUT2D eigenvalue weighted by molar-refractivity contribution is 5.73. The zero-order chi connectivity index (χ0) is 11.8. The monoisotopic (exact) mass is 215 g/mol. The first-order valence-corrected chi connectivity index (χ1v) is 5.48. The summed E-state index contributed by atoms with van der Waals surface area (Å²) in [5.74, 6) is -0.776. The van der Waals surface area contributed by atoms with Crippen LogP contribution >= 0.6 is 0 Å². The second-order valence-electron chi connectivity index (χ2n) is 3.85. The van der Waals surface area contributed by atoms with E-state index >= 15 is 0 Å². The molecule has 0 aliphatic heterocycles. The van der Waals surface area contributed by atoms with Gasteiger partial charge in [-0.05, 0) is 19.8 Å². The molecule has 88 valence electrons. The van der Waals surface area contributed by atoms with Gasteiger partial charge in [0.05, 0.1) is 0 Å². The third-order valence-corrected chi connectivity index (χ3v) is 2.47. The van der Waals surface area contributed by atoms with Crippen molar-refractivity contribution in [3.8, 4) is 0 Å². The van der Waals surface area contributed by atoms with Crippen molar-refractivity contribution >= 4 is 11.9 Å². The lowest BCUT2D eigenvalue weighted by atomic mass is 10.1. The number of hydrogen-bond acceptors (Lipinski definition) is 2. The zero-order valence-corrected chi connectivity index (χ0v) is 9.82. The summed E-state index contributed by atoms with van der Waals surface area (Å²) in [6, 6.07) is 0.0187. The molecule has 0 aromatic heterocycles. The first-order chi connectivity index (χ1) is 6.99. The quantitative estimate of drug-likeness (QED) is 0.705. The second kappa shape index (κ2) is 7.26. The highest BCUT2D eigenvalue weighted by Gasteiger charge is 2.16. The first-order valence-electron chi connectivity index (χ1n) is 5.48. The van der Waals surface area contributed by atoms with Gasteiger partial charge in [0.2, 0.25) is 5.91 Å². The van der Waals surface area contributed by atoms with Crippen LogP contribution in [-0.4, -0.2) is 34.5 Å². The molecular weight excluding hydrogens is 194 g/mol. The summed E-state index contributed by atoms with van der Waals surface area (Å²) in [6.45, 7) is 6.24. The van der Waals surface area contributed by atoms with E-state index in [1.807, 2.05) is 6.92 Å². The Bertz CT molecular complexity index is 216. The Labute approximate surface area is 91.3 Å². The van der Waals surface area contributed by atoms with E-state index in [4.69, 9.17) is 5.11 Å². The second-order valence-corrected chi connectivity index (χ2v) is 3.85. The highest BCUT2D eigenvalue weighted by atomic mass is 16.4. The van der Waals surface area contributed by atoms with Crippen LogP contribution in [0.25, 0.3) is 0 Å². The average molecular weight is 215 g/mol. The summed E-state index contributed by atoms with van der Waals surface area (Å²) in [5.41, 5.74) is 0. The van der Waals surface area contributed by atoms with E-state index in [2.05, 4.69) is 6.92 Å². The molecule has 0 aliphatic carbocycles. The Morgan fingerprint density at radius 2 is 2.00 bits per heavy atom. The van der Waals surface area contributed by atoms with Gasteiger partial charge >= 0.3 is 5.97 Å². The molecule has 0 heterocycles. The van der Waals surface area contributed by atoms with Gasteiger partial charge < -0.3 is 10.0 Å². The molecule has 0 radical (unpaired) electrons. The minimum atomic E-state index is -0.805. The van der Waals surface area contributed by atoms with Crippen molar-refractivity contribution in [2.24, 2.45) is 0 Å². The predicted molar refractivity (Wildman–Crippen MR) is 58.6 cm³/mol. The molecule has 0 spiro atoms. The number of carboxylic acids is 1. The molecule has 4 nitrogen and oxygen atoms in total. The largest absolute Gasteiger partial charge is 0.481 e. The smallest absolute Gasteiger partial charge is 0.303 e. The van der Waals surface area contributed by atoms with Crippen molar-refractivity contribution in [1.29, 1.82) is 0 Å². The molecule has 0 saturated heterocycles. The number of hydrogen-bond donors (Lipinski definition) is 1. The summed E-state index contributed by atoms with van der Waals surface area (Å²) >= 11 is 0. The van der Waals surface area contributed by atoms with Crippen LogP contribution in [0.3, 0.4) is 0 Å². The van der Waals surface area contributed by atoms with Crippen molar-refractivity contribution in [2.45, 2.75) is 52.5 Å². The standard InChI is InChI=1S/C11H21NO3/c1-4-5-8-12(10(3)13)9(2)6-7-11(14)15/h9H,4-8H2,1-3H3,(H,14,15). The average Bonchev–Trinajstić information content (AvgIpc) is 2.14. The number of aliphatic carboxylic acids is 1. The Morgan fingerprint density at radius 3 is 2.40 bits per heavy atom. The molecule has 0 saturated carbocycles. The molecule has 1 atom stereocenters. The third kappa shape index (κ3) is 6.10. The van der Waals surface area contributed by atoms with Gasteiger partial charge in [0.1, 0.15) is 0 Å². The number of amides is 1. The van der Waals surface area contributed by atoms with Crippen LogP contribution in [0.2, 0.25) is 0 Å². The lowest BCUT2D eigenvalue weighted by Crippen LogP contribution is -2.38. The maximum atomic E-state index is 11.3. The fraction of sp³-hybridized carbons (Fsp3) is 0.818. The number of carboxylic acid groups (broad SMARTS) is 1. The summed E-state index contributed by atoms with van der Waals surface area (Å²) in [7, 11) is 0. The number of unbranched alkanes of at least 4 members (excludes halogenated alkanes) is 1. The van der Waals surface area contributed by atoms with Gasteiger partial charge in [-0.15, -0.1) is 0 Å². The zero-order valence-electron chi connectivity index (χ0n) is 9.82. The molecule has 0 bridgehead atoms. The Kier molecular flexibility index (Phi) is 6.75. The van der Waals surface area contributed by atoms with Crippen molar-refractivity contribution in [3.05, 3.63) is 0 Å². The van der Waals surface area contributed by atoms with E-state index in [9.17, 15) is 9.59 Å². The minimum absolute atomic E-state index is 0.0187. The lowest BCUT2D eigenvalue weighted by Gasteiger charge is -2.27. The number of carbonyl (C=O) groups is 2. The van der Waals surface area contributed by atoms with Crippen LogP contribution in [0.1, 0.15) is 46.5 Å². The van der Waals surface area contributed by atoms with Crippen molar-refractivity contribution < 1.29 is 14.7 Å². The summed E-state index contributed by atoms with van der Waals surface area (Å²) in [4.78, 5) is 23.5. The van der Waals surface area contributed by atoms with Crippen LogP contribution in [0.15, 0.2) is 0 Å². The molecule has 4 heteroatoms. The topological polar surface area (TPSA) is 57.6 Å². The summed E-state index contributed by atoms with van der Waals surface area (Å²) in [6.07, 6.45) is 2.65. The molecule has 0 rings (SSSR count). The number of rotatable bonds is 7. The van der Waals surface area contributed by atoms with E-state index in [1.165, 1.54) is 6.92 Å². The van der Waals surface area contributed by atoms with Crippen LogP contribution in [0.4, 0.5) is 0 Å². The Morgan fingerprint density at radius 1 is 1.40 bits per heavy atom. The first kappa shape index (κ1) is 13.9. The highest BCUT2D eigenvalue weighted by Crippen LogP contribution is 2.08. The third-order valence-electron chi connectivity index (χ3n) is 2.47. The van der Waals surface area contributed by atoms with Gasteiger partial charge in [-0.2, -0.15) is 0 Å². The van der Waals surface area contributed by atoms with E-state index < -0.39 is 5.97 Å². The van der Waals surface area contributed by atoms with E-state index in [-0.39, 0.29) is 18.4 Å². The molecule has 1 unspecified atom stereocenters. The maximum absolute atomic E-state index is 11.3. The van der Waals surface area contributed by atoms with E-state index in [1.54, 1.807) is 4.90 Å². The molecule has 15 heavy (non-hydrogen) atoms. The molecule has 1 N–H and O–H groups in total. The Balaban J connectivity index is 4.09. The van der Waals surface area contributed by atoms with Crippen molar-refractivity contribution in [1.82, 2.24) is 4.90 Å². The van der Waals surface area contributed by atoms with E-state index in [0.29, 0.717) is 6.42 Å². The fourth-order valence-electron chi connectivity index (χ4n) is 1.50.